The molecule has 6 nitrogen and oxygen atoms in total. The van der Waals surface area contributed by atoms with E-state index in [9.17, 15) is 16.8 Å². The highest BCUT2D eigenvalue weighted by Crippen LogP contribution is 2.39. The van der Waals surface area contributed by atoms with Gasteiger partial charge in [-0.05, 0) is 77.9 Å². The van der Waals surface area contributed by atoms with Crippen molar-refractivity contribution in [2.75, 3.05) is 0 Å². The first-order valence-electron chi connectivity index (χ1n) is 12.0. The molecule has 4 aromatic carbocycles. The van der Waals surface area contributed by atoms with Crippen LogP contribution in [0.5, 0.6) is 0 Å². The van der Waals surface area contributed by atoms with Gasteiger partial charge in [0.1, 0.15) is 0 Å². The van der Waals surface area contributed by atoms with E-state index in [0.717, 1.165) is 33.4 Å². The Labute approximate surface area is 218 Å². The molecule has 0 unspecified atom stereocenters. The summed E-state index contributed by atoms with van der Waals surface area (Å²) in [4.78, 5) is 0.376. The van der Waals surface area contributed by atoms with Crippen molar-refractivity contribution in [1.29, 1.82) is 0 Å². The van der Waals surface area contributed by atoms with Crippen LogP contribution in [0.1, 0.15) is 48.2 Å². The fraction of sp³-hybridized carbons (Fsp3) is 0.172. The van der Waals surface area contributed by atoms with Crippen LogP contribution in [0.4, 0.5) is 0 Å². The lowest BCUT2D eigenvalue weighted by atomic mass is 10.1. The molecule has 1 aliphatic rings. The van der Waals surface area contributed by atoms with E-state index in [1.54, 1.807) is 36.4 Å². The summed E-state index contributed by atoms with van der Waals surface area (Å²) in [5, 5.41) is 0. The van der Waals surface area contributed by atoms with Gasteiger partial charge in [0.15, 0.2) is 0 Å². The standard InChI is InChI=1S/C29H28N2O4S2/c1-20(22-9-5-3-6-10-22)30-36(32,33)26-13-15-28-24(18-26)17-25-19-27(14-16-29(25)28)37(34,35)31-21(2)23-11-7-4-8-12-23/h3-16,18-21,30-31H,17H2,1-2H3/t20-,21+. The van der Waals surface area contributed by atoms with Crippen LogP contribution in [-0.4, -0.2) is 16.8 Å². The topological polar surface area (TPSA) is 92.3 Å². The van der Waals surface area contributed by atoms with Crippen LogP contribution in [0.25, 0.3) is 11.1 Å². The summed E-state index contributed by atoms with van der Waals surface area (Å²) in [7, 11) is -7.49. The Bertz CT molecular complexity index is 1530. The van der Waals surface area contributed by atoms with Gasteiger partial charge in [-0.3, -0.25) is 0 Å². The summed E-state index contributed by atoms with van der Waals surface area (Å²) >= 11 is 0. The molecule has 0 radical (unpaired) electrons. The van der Waals surface area contributed by atoms with Crippen molar-refractivity contribution in [3.63, 3.8) is 0 Å². The summed E-state index contributed by atoms with van der Waals surface area (Å²) < 4.78 is 57.9. The van der Waals surface area contributed by atoms with Crippen molar-refractivity contribution in [2.45, 2.75) is 42.1 Å². The van der Waals surface area contributed by atoms with Crippen molar-refractivity contribution in [3.05, 3.63) is 119 Å². The molecule has 0 aliphatic heterocycles. The molecule has 0 fully saturated rings. The summed E-state index contributed by atoms with van der Waals surface area (Å²) in [6.07, 6.45) is 0.458. The zero-order chi connectivity index (χ0) is 26.2. The maximum absolute atomic E-state index is 13.1. The van der Waals surface area contributed by atoms with E-state index in [0.29, 0.717) is 6.42 Å². The summed E-state index contributed by atoms with van der Waals surface area (Å²) in [5.74, 6) is 0. The van der Waals surface area contributed by atoms with E-state index in [4.69, 9.17) is 0 Å². The number of hydrogen-bond acceptors (Lipinski definition) is 4. The molecular formula is C29H28N2O4S2. The predicted octanol–water partition coefficient (Wildman–Crippen LogP) is 5.34. The number of hydrogen-bond donors (Lipinski definition) is 2. The quantitative estimate of drug-likeness (QED) is 0.282. The molecular weight excluding hydrogens is 504 g/mol. The lowest BCUT2D eigenvalue weighted by molar-refractivity contribution is 0.565. The molecule has 8 heteroatoms. The first-order valence-corrected chi connectivity index (χ1v) is 15.0. The molecule has 2 N–H and O–H groups in total. The third-order valence-electron chi connectivity index (χ3n) is 6.71. The summed E-state index contributed by atoms with van der Waals surface area (Å²) in [6.45, 7) is 3.62. The smallest absolute Gasteiger partial charge is 0.207 e. The molecule has 0 heterocycles. The second kappa shape index (κ2) is 9.87. The van der Waals surface area contributed by atoms with Crippen LogP contribution in [0, 0.1) is 0 Å². The Kier molecular flexibility index (Phi) is 6.76. The monoisotopic (exact) mass is 532 g/mol. The molecule has 0 aromatic heterocycles. The van der Waals surface area contributed by atoms with Gasteiger partial charge in [-0.2, -0.15) is 0 Å². The SMILES string of the molecule is C[C@H](NS(=O)(=O)c1ccc2c(c1)Cc1cc(S(=O)(=O)N[C@H](C)c3ccccc3)ccc1-2)c1ccccc1. The largest absolute Gasteiger partial charge is 0.241 e. The Morgan fingerprint density at radius 2 is 0.946 bits per heavy atom. The first kappa shape index (κ1) is 25.4. The van der Waals surface area contributed by atoms with E-state index in [1.165, 1.54) is 0 Å². The minimum atomic E-state index is -3.74. The summed E-state index contributed by atoms with van der Waals surface area (Å²) in [5.41, 5.74) is 5.29. The fourth-order valence-corrected chi connectivity index (χ4v) is 7.28. The van der Waals surface area contributed by atoms with E-state index in [1.807, 2.05) is 74.5 Å². The molecule has 0 saturated heterocycles. The Balaban J connectivity index is 1.36. The molecule has 4 aromatic rings. The average Bonchev–Trinajstić information content (AvgIpc) is 3.26. The van der Waals surface area contributed by atoms with Crippen LogP contribution in [-0.2, 0) is 26.5 Å². The van der Waals surface area contributed by atoms with Gasteiger partial charge in [-0.25, -0.2) is 26.3 Å². The van der Waals surface area contributed by atoms with E-state index >= 15 is 0 Å². The maximum atomic E-state index is 13.1. The van der Waals surface area contributed by atoms with Gasteiger partial charge < -0.3 is 0 Å². The van der Waals surface area contributed by atoms with Gasteiger partial charge >= 0.3 is 0 Å². The Hall–Kier alpha value is -3.30. The van der Waals surface area contributed by atoms with Crippen LogP contribution in [0.2, 0.25) is 0 Å². The number of nitrogens with one attached hydrogen (secondary N) is 2. The van der Waals surface area contributed by atoms with E-state index in [2.05, 4.69) is 9.44 Å². The molecule has 37 heavy (non-hydrogen) atoms. The lowest BCUT2D eigenvalue weighted by Gasteiger charge is -2.15. The minimum absolute atomic E-state index is 0.188. The van der Waals surface area contributed by atoms with Crippen molar-refractivity contribution < 1.29 is 16.8 Å². The highest BCUT2D eigenvalue weighted by Gasteiger charge is 2.26. The molecule has 0 amide bonds. The maximum Gasteiger partial charge on any atom is 0.241 e. The molecule has 0 bridgehead atoms. The van der Waals surface area contributed by atoms with Gasteiger partial charge in [0, 0.05) is 12.1 Å². The number of benzene rings is 4. The van der Waals surface area contributed by atoms with Crippen molar-refractivity contribution in [1.82, 2.24) is 9.44 Å². The van der Waals surface area contributed by atoms with Crippen LogP contribution < -0.4 is 9.44 Å². The molecule has 0 spiro atoms. The van der Waals surface area contributed by atoms with Crippen molar-refractivity contribution >= 4 is 20.0 Å². The molecule has 190 valence electrons. The Morgan fingerprint density at radius 1 is 0.568 bits per heavy atom. The lowest BCUT2D eigenvalue weighted by Crippen LogP contribution is -2.27. The molecule has 2 atom stereocenters. The Morgan fingerprint density at radius 3 is 1.32 bits per heavy atom. The first-order chi connectivity index (χ1) is 17.6. The molecule has 5 rings (SSSR count). The minimum Gasteiger partial charge on any atom is -0.207 e. The van der Waals surface area contributed by atoms with E-state index < -0.39 is 20.0 Å². The number of rotatable bonds is 8. The zero-order valence-corrected chi connectivity index (χ0v) is 22.2. The fourth-order valence-electron chi connectivity index (χ4n) is 4.72. The van der Waals surface area contributed by atoms with Crippen LogP contribution in [0.15, 0.2) is 107 Å². The van der Waals surface area contributed by atoms with Crippen LogP contribution >= 0.6 is 0 Å². The van der Waals surface area contributed by atoms with Crippen LogP contribution in [0.3, 0.4) is 0 Å². The molecule has 1 aliphatic carbocycles. The zero-order valence-electron chi connectivity index (χ0n) is 20.5. The van der Waals surface area contributed by atoms with Gasteiger partial charge in [-0.15, -0.1) is 0 Å². The number of fused-ring (bicyclic) bond motifs is 3. The predicted molar refractivity (Wildman–Crippen MR) is 145 cm³/mol. The van der Waals surface area contributed by atoms with E-state index in [-0.39, 0.29) is 21.9 Å². The van der Waals surface area contributed by atoms with Gasteiger partial charge in [0.05, 0.1) is 9.79 Å². The van der Waals surface area contributed by atoms with Gasteiger partial charge in [0.2, 0.25) is 20.0 Å². The third-order valence-corrected chi connectivity index (χ3v) is 9.78. The molecule has 0 saturated carbocycles. The average molecular weight is 533 g/mol. The summed E-state index contributed by atoms with van der Waals surface area (Å²) in [6, 6.07) is 28.2. The second-order valence-electron chi connectivity index (χ2n) is 9.32. The van der Waals surface area contributed by atoms with Gasteiger partial charge in [0.25, 0.3) is 0 Å². The second-order valence-corrected chi connectivity index (χ2v) is 12.7. The third kappa shape index (κ3) is 5.24. The van der Waals surface area contributed by atoms with Crippen molar-refractivity contribution in [2.24, 2.45) is 0 Å². The normalized spacial score (nSPS) is 14.5. The van der Waals surface area contributed by atoms with Gasteiger partial charge in [-0.1, -0.05) is 72.8 Å². The number of sulfonamides is 2. The highest BCUT2D eigenvalue weighted by molar-refractivity contribution is 7.89. The van der Waals surface area contributed by atoms with Crippen molar-refractivity contribution in [3.8, 4) is 11.1 Å². The highest BCUT2D eigenvalue weighted by atomic mass is 32.2.